The maximum absolute atomic E-state index is 13.1. The number of amides is 1. The molecule has 1 amide bonds. The molecule has 9 nitrogen and oxygen atoms in total. The van der Waals surface area contributed by atoms with Crippen LogP contribution in [0.3, 0.4) is 0 Å². The number of sulfonamides is 1. The fourth-order valence-corrected chi connectivity index (χ4v) is 4.78. The molecule has 0 saturated heterocycles. The Balaban J connectivity index is 1.93. The van der Waals surface area contributed by atoms with Crippen molar-refractivity contribution in [2.75, 3.05) is 22.5 Å². The molecule has 0 spiro atoms. The van der Waals surface area contributed by atoms with Crippen LogP contribution in [-0.2, 0) is 21.9 Å². The van der Waals surface area contributed by atoms with Gasteiger partial charge in [-0.3, -0.25) is 18.6 Å². The Bertz CT molecular complexity index is 1300. The molecule has 0 fully saturated rings. The summed E-state index contributed by atoms with van der Waals surface area (Å²) < 4.78 is 34.6. The van der Waals surface area contributed by atoms with Crippen LogP contribution in [0, 0.1) is 6.92 Å². The van der Waals surface area contributed by atoms with Gasteiger partial charge in [0.15, 0.2) is 0 Å². The quantitative estimate of drug-likeness (QED) is 0.543. The molecule has 0 aliphatic heterocycles. The molecule has 0 radical (unpaired) electrons. The van der Waals surface area contributed by atoms with Gasteiger partial charge in [0.1, 0.15) is 17.5 Å². The summed E-state index contributed by atoms with van der Waals surface area (Å²) in [4.78, 5) is 26.2. The van der Waals surface area contributed by atoms with Crippen molar-refractivity contribution < 1.29 is 17.9 Å². The zero-order valence-electron chi connectivity index (χ0n) is 19.3. The number of nitrogens with one attached hydrogen (secondary N) is 1. The number of carbonyl (C=O) groups is 1. The second kappa shape index (κ2) is 9.53. The molecule has 0 bridgehead atoms. The van der Waals surface area contributed by atoms with Gasteiger partial charge in [0.2, 0.25) is 15.9 Å². The molecule has 0 aliphatic rings. The van der Waals surface area contributed by atoms with E-state index in [2.05, 4.69) is 5.32 Å². The number of para-hydroxylation sites is 1. The summed E-state index contributed by atoms with van der Waals surface area (Å²) in [6.07, 6.45) is 1.03. The first-order valence-electron chi connectivity index (χ1n) is 10.4. The molecule has 33 heavy (non-hydrogen) atoms. The van der Waals surface area contributed by atoms with Gasteiger partial charge in [-0.15, -0.1) is 0 Å². The van der Waals surface area contributed by atoms with Crippen LogP contribution in [0.2, 0.25) is 0 Å². The molecular formula is C23H28N4O5S. The average molecular weight is 473 g/mol. The molecule has 176 valence electrons. The highest BCUT2D eigenvalue weighted by Crippen LogP contribution is 2.25. The zero-order chi connectivity index (χ0) is 24.3. The second-order valence-corrected chi connectivity index (χ2v) is 9.45. The predicted octanol–water partition coefficient (Wildman–Crippen LogP) is 2.68. The number of ether oxygens (including phenoxy) is 1. The van der Waals surface area contributed by atoms with Crippen LogP contribution in [0.15, 0.2) is 59.4 Å². The highest BCUT2D eigenvalue weighted by atomic mass is 32.2. The van der Waals surface area contributed by atoms with Crippen molar-refractivity contribution in [2.24, 2.45) is 7.05 Å². The van der Waals surface area contributed by atoms with Crippen molar-refractivity contribution in [3.8, 4) is 11.4 Å². The highest BCUT2D eigenvalue weighted by Gasteiger charge is 2.30. The van der Waals surface area contributed by atoms with E-state index in [1.54, 1.807) is 55.1 Å². The molecule has 1 heterocycles. The smallest absolute Gasteiger partial charge is 0.295 e. The van der Waals surface area contributed by atoms with Gasteiger partial charge in [-0.1, -0.05) is 18.2 Å². The van der Waals surface area contributed by atoms with Gasteiger partial charge in [0.05, 0.1) is 29.9 Å². The minimum atomic E-state index is -3.80. The number of hydrogen-bond acceptors (Lipinski definition) is 5. The van der Waals surface area contributed by atoms with E-state index < -0.39 is 27.5 Å². The maximum atomic E-state index is 13.1. The van der Waals surface area contributed by atoms with Gasteiger partial charge >= 0.3 is 0 Å². The van der Waals surface area contributed by atoms with Gasteiger partial charge in [-0.05, 0) is 57.2 Å². The molecule has 10 heteroatoms. The van der Waals surface area contributed by atoms with E-state index in [0.717, 1.165) is 10.6 Å². The van der Waals surface area contributed by atoms with Gasteiger partial charge < -0.3 is 10.1 Å². The Labute approximate surface area is 193 Å². The minimum absolute atomic E-state index is 0.0957. The second-order valence-electron chi connectivity index (χ2n) is 7.59. The molecule has 1 unspecified atom stereocenters. The summed E-state index contributed by atoms with van der Waals surface area (Å²) >= 11 is 0. The molecule has 0 aliphatic carbocycles. The first kappa shape index (κ1) is 24.1. The molecule has 1 aromatic heterocycles. The van der Waals surface area contributed by atoms with Crippen LogP contribution >= 0.6 is 0 Å². The van der Waals surface area contributed by atoms with Gasteiger partial charge in [-0.2, -0.15) is 0 Å². The van der Waals surface area contributed by atoms with E-state index in [1.165, 1.54) is 11.6 Å². The number of benzene rings is 2. The Kier molecular flexibility index (Phi) is 6.97. The van der Waals surface area contributed by atoms with Crippen LogP contribution in [-0.4, -0.2) is 42.6 Å². The van der Waals surface area contributed by atoms with Crippen molar-refractivity contribution >= 4 is 27.3 Å². The molecule has 0 saturated carbocycles. The van der Waals surface area contributed by atoms with E-state index in [0.29, 0.717) is 29.4 Å². The third kappa shape index (κ3) is 4.95. The molecular weight excluding hydrogens is 444 g/mol. The summed E-state index contributed by atoms with van der Waals surface area (Å²) in [5.41, 5.74) is 1.19. The number of hydrogen-bond donors (Lipinski definition) is 1. The van der Waals surface area contributed by atoms with Crippen LogP contribution in [0.4, 0.5) is 11.4 Å². The fraction of sp³-hybridized carbons (Fsp3) is 0.304. The molecule has 3 aromatic rings. The van der Waals surface area contributed by atoms with Crippen molar-refractivity contribution in [1.82, 2.24) is 9.36 Å². The summed E-state index contributed by atoms with van der Waals surface area (Å²) in [6, 6.07) is 14.4. The zero-order valence-corrected chi connectivity index (χ0v) is 20.1. The topological polar surface area (TPSA) is 103 Å². The van der Waals surface area contributed by atoms with Gasteiger partial charge in [0.25, 0.3) is 5.56 Å². The lowest BCUT2D eigenvalue weighted by molar-refractivity contribution is -0.116. The lowest BCUT2D eigenvalue weighted by Crippen LogP contribution is -2.45. The first-order chi connectivity index (χ1) is 15.6. The van der Waals surface area contributed by atoms with E-state index >= 15 is 0 Å². The van der Waals surface area contributed by atoms with E-state index in [4.69, 9.17) is 4.74 Å². The maximum Gasteiger partial charge on any atom is 0.295 e. The van der Waals surface area contributed by atoms with Crippen LogP contribution in [0.25, 0.3) is 5.69 Å². The highest BCUT2D eigenvalue weighted by molar-refractivity contribution is 7.92. The van der Waals surface area contributed by atoms with Crippen molar-refractivity contribution in [1.29, 1.82) is 0 Å². The summed E-state index contributed by atoms with van der Waals surface area (Å²) in [5, 5.41) is 2.64. The number of nitrogens with zero attached hydrogens (tertiary/aromatic N) is 3. The molecule has 1 N–H and O–H groups in total. The van der Waals surface area contributed by atoms with Crippen LogP contribution in [0.1, 0.15) is 19.5 Å². The summed E-state index contributed by atoms with van der Waals surface area (Å²) in [6.45, 7) is 5.51. The molecule has 3 rings (SSSR count). The van der Waals surface area contributed by atoms with Crippen LogP contribution in [0.5, 0.6) is 5.75 Å². The third-order valence-corrected chi connectivity index (χ3v) is 6.53. The van der Waals surface area contributed by atoms with Crippen molar-refractivity contribution in [3.63, 3.8) is 0 Å². The van der Waals surface area contributed by atoms with Crippen molar-refractivity contribution in [3.05, 3.63) is 70.6 Å². The Morgan fingerprint density at radius 2 is 1.73 bits per heavy atom. The fourth-order valence-electron chi connectivity index (χ4n) is 3.60. The summed E-state index contributed by atoms with van der Waals surface area (Å²) in [5.74, 6) is -0.0338. The van der Waals surface area contributed by atoms with E-state index in [-0.39, 0.29) is 5.69 Å². The van der Waals surface area contributed by atoms with E-state index in [9.17, 15) is 18.0 Å². The summed E-state index contributed by atoms with van der Waals surface area (Å²) in [7, 11) is -2.09. The molecule has 1 atom stereocenters. The standard InChI is InChI=1S/C23H28N4O5S/c1-6-32-20-14-12-19(13-15-20)27(33(5,30)31)17(3)22(28)24-21-16(2)25(4)26(23(21)29)18-10-8-7-9-11-18/h7-15,17H,6H2,1-5H3,(H,24,28). The Morgan fingerprint density at radius 1 is 1.12 bits per heavy atom. The molecule has 2 aromatic carbocycles. The minimum Gasteiger partial charge on any atom is -0.494 e. The Morgan fingerprint density at radius 3 is 2.27 bits per heavy atom. The average Bonchev–Trinajstić information content (AvgIpc) is 2.98. The monoisotopic (exact) mass is 472 g/mol. The number of carbonyl (C=O) groups excluding carboxylic acids is 1. The Hall–Kier alpha value is -3.53. The lowest BCUT2D eigenvalue weighted by atomic mass is 10.2. The third-order valence-electron chi connectivity index (χ3n) is 5.29. The number of rotatable bonds is 8. The van der Waals surface area contributed by atoms with Crippen LogP contribution < -0.4 is 19.9 Å². The predicted molar refractivity (Wildman–Crippen MR) is 129 cm³/mol. The lowest BCUT2D eigenvalue weighted by Gasteiger charge is -2.28. The van der Waals surface area contributed by atoms with Gasteiger partial charge in [0, 0.05) is 7.05 Å². The number of anilines is 2. The van der Waals surface area contributed by atoms with Gasteiger partial charge in [-0.25, -0.2) is 13.1 Å². The van der Waals surface area contributed by atoms with E-state index in [1.807, 2.05) is 25.1 Å². The largest absolute Gasteiger partial charge is 0.494 e. The first-order valence-corrected chi connectivity index (χ1v) is 12.3. The normalized spacial score (nSPS) is 12.3. The van der Waals surface area contributed by atoms with Crippen molar-refractivity contribution in [2.45, 2.75) is 26.8 Å². The SMILES string of the molecule is CCOc1ccc(N(C(C)C(=O)Nc2c(C)n(C)n(-c3ccccc3)c2=O)S(C)(=O)=O)cc1. The number of aromatic nitrogens is 2.